The first-order valence-electron chi connectivity index (χ1n) is 14.0. The van der Waals surface area contributed by atoms with Crippen LogP contribution in [0.15, 0.2) is 77.7 Å². The van der Waals surface area contributed by atoms with Gasteiger partial charge in [0, 0.05) is 44.3 Å². The van der Waals surface area contributed by atoms with Gasteiger partial charge in [0.05, 0.1) is 18.5 Å². The molecule has 1 aliphatic rings. The number of amides is 1. The van der Waals surface area contributed by atoms with Crippen molar-refractivity contribution < 1.29 is 17.9 Å². The van der Waals surface area contributed by atoms with Gasteiger partial charge in [-0.3, -0.25) is 4.79 Å². The van der Waals surface area contributed by atoms with Crippen molar-refractivity contribution in [3.63, 3.8) is 0 Å². The van der Waals surface area contributed by atoms with Gasteiger partial charge in [0.15, 0.2) is 0 Å². The smallest absolute Gasteiger partial charge is 0.243 e. The quantitative estimate of drug-likeness (QED) is 0.279. The fraction of sp³-hybridized carbons (Fsp3) is 0.387. The van der Waals surface area contributed by atoms with E-state index in [0.717, 1.165) is 36.3 Å². The summed E-state index contributed by atoms with van der Waals surface area (Å²) in [7, 11) is -2.25. The van der Waals surface area contributed by atoms with Gasteiger partial charge in [-0.2, -0.15) is 0 Å². The van der Waals surface area contributed by atoms with Crippen molar-refractivity contribution in [1.29, 1.82) is 0 Å². The Morgan fingerprint density at radius 3 is 2.23 bits per heavy atom. The fourth-order valence-corrected chi connectivity index (χ4v) is 6.50. The summed E-state index contributed by atoms with van der Waals surface area (Å²) < 4.78 is 36.0. The van der Waals surface area contributed by atoms with Crippen molar-refractivity contribution in [2.45, 2.75) is 50.5 Å². The summed E-state index contributed by atoms with van der Waals surface area (Å²) in [6.45, 7) is 6.62. The molecule has 214 valence electrons. The van der Waals surface area contributed by atoms with E-state index in [1.807, 2.05) is 67.6 Å². The zero-order chi connectivity index (χ0) is 28.5. The number of nitrogens with zero attached hydrogens (tertiary/aromatic N) is 2. The van der Waals surface area contributed by atoms with Crippen LogP contribution >= 0.6 is 0 Å². The van der Waals surface area contributed by atoms with Crippen LogP contribution in [-0.2, 0) is 14.8 Å². The molecule has 0 aromatic heterocycles. The second-order valence-corrected chi connectivity index (χ2v) is 11.8. The monoisotopic (exact) mass is 564 g/mol. The van der Waals surface area contributed by atoms with E-state index in [0.29, 0.717) is 44.0 Å². The highest BCUT2D eigenvalue weighted by Gasteiger charge is 2.28. The van der Waals surface area contributed by atoms with Crippen molar-refractivity contribution in [1.82, 2.24) is 4.72 Å². The van der Waals surface area contributed by atoms with Crippen molar-refractivity contribution in [2.24, 2.45) is 0 Å². The number of rotatable bonds is 12. The lowest BCUT2D eigenvalue weighted by Gasteiger charge is -2.38. The van der Waals surface area contributed by atoms with Gasteiger partial charge < -0.3 is 19.9 Å². The molecule has 1 aliphatic heterocycles. The largest absolute Gasteiger partial charge is 0.495 e. The van der Waals surface area contributed by atoms with Crippen molar-refractivity contribution in [3.8, 4) is 5.75 Å². The number of anilines is 3. The molecule has 1 atom stereocenters. The number of unbranched alkanes of at least 4 members (excludes halogenated alkanes) is 2. The van der Waals surface area contributed by atoms with Crippen LogP contribution < -0.4 is 24.6 Å². The molecule has 1 amide bonds. The molecule has 4 rings (SSSR count). The summed E-state index contributed by atoms with van der Waals surface area (Å²) in [6.07, 6.45) is 3.22. The Labute approximate surface area is 238 Å². The highest BCUT2D eigenvalue weighted by atomic mass is 32.2. The zero-order valence-electron chi connectivity index (χ0n) is 23.6. The van der Waals surface area contributed by atoms with E-state index in [1.54, 1.807) is 19.2 Å². The minimum absolute atomic E-state index is 0.111. The van der Waals surface area contributed by atoms with Crippen LogP contribution in [0.25, 0.3) is 0 Å². The third-order valence-corrected chi connectivity index (χ3v) is 8.79. The second-order valence-electron chi connectivity index (χ2n) is 10.1. The van der Waals surface area contributed by atoms with Crippen molar-refractivity contribution in [3.05, 3.63) is 78.4 Å². The lowest BCUT2D eigenvalue weighted by molar-refractivity contribution is -0.116. The van der Waals surface area contributed by atoms with Crippen LogP contribution in [0.3, 0.4) is 0 Å². The Bertz CT molecular complexity index is 1370. The lowest BCUT2D eigenvalue weighted by Crippen LogP contribution is -2.47. The summed E-state index contributed by atoms with van der Waals surface area (Å²) in [5.41, 5.74) is 3.00. The van der Waals surface area contributed by atoms with Crippen LogP contribution in [0.5, 0.6) is 5.75 Å². The fourth-order valence-electron chi connectivity index (χ4n) is 5.01. The standard InChI is InChI=1S/C31H40N4O4S/c1-4-5-7-16-31(36)32-26-17-18-28(30(23-26)40(37,38)33-24(2)25-12-8-6-9-13-25)35-21-19-34(20-22-35)27-14-10-11-15-29(27)39-3/h6,8-15,17-18,23-24,33H,4-5,7,16,19-22H2,1-3H3,(H,32,36)/t24-/m1/s1. The molecule has 9 heteroatoms. The number of benzene rings is 3. The lowest BCUT2D eigenvalue weighted by atomic mass is 10.1. The highest BCUT2D eigenvalue weighted by Crippen LogP contribution is 2.33. The van der Waals surface area contributed by atoms with E-state index in [2.05, 4.69) is 26.8 Å². The van der Waals surface area contributed by atoms with Gasteiger partial charge in [-0.1, -0.05) is 62.2 Å². The molecule has 2 N–H and O–H groups in total. The second kappa shape index (κ2) is 13.7. The maximum absolute atomic E-state index is 13.8. The summed E-state index contributed by atoms with van der Waals surface area (Å²) in [4.78, 5) is 17.0. The van der Waals surface area contributed by atoms with Gasteiger partial charge in [0.2, 0.25) is 15.9 Å². The first-order chi connectivity index (χ1) is 19.3. The number of hydrogen-bond donors (Lipinski definition) is 2. The van der Waals surface area contributed by atoms with E-state index in [-0.39, 0.29) is 10.8 Å². The van der Waals surface area contributed by atoms with Crippen LogP contribution in [0, 0.1) is 0 Å². The molecule has 1 heterocycles. The molecule has 0 radical (unpaired) electrons. The third-order valence-electron chi connectivity index (χ3n) is 7.22. The Hall–Kier alpha value is -3.56. The average molecular weight is 565 g/mol. The molecule has 0 unspecified atom stereocenters. The van der Waals surface area contributed by atoms with Crippen LogP contribution in [-0.4, -0.2) is 47.6 Å². The molecule has 1 saturated heterocycles. The van der Waals surface area contributed by atoms with Gasteiger partial charge >= 0.3 is 0 Å². The Kier molecular flexibility index (Phi) is 10.1. The SMILES string of the molecule is CCCCCC(=O)Nc1ccc(N2CCN(c3ccccc3OC)CC2)c(S(=O)(=O)N[C@H](C)c2ccccc2)c1. The number of piperazine rings is 1. The van der Waals surface area contributed by atoms with E-state index in [4.69, 9.17) is 4.74 Å². The molecule has 3 aromatic carbocycles. The highest BCUT2D eigenvalue weighted by molar-refractivity contribution is 7.89. The van der Waals surface area contributed by atoms with E-state index >= 15 is 0 Å². The number of ether oxygens (including phenoxy) is 1. The molecule has 0 aliphatic carbocycles. The van der Waals surface area contributed by atoms with Gasteiger partial charge in [-0.25, -0.2) is 13.1 Å². The number of sulfonamides is 1. The molecule has 3 aromatic rings. The van der Waals surface area contributed by atoms with E-state index in [1.165, 1.54) is 0 Å². The molecule has 0 bridgehead atoms. The predicted octanol–water partition coefficient (Wildman–Crippen LogP) is 5.58. The minimum Gasteiger partial charge on any atom is -0.495 e. The Morgan fingerprint density at radius 1 is 0.900 bits per heavy atom. The predicted molar refractivity (Wildman–Crippen MR) is 162 cm³/mol. The molecule has 1 fully saturated rings. The minimum atomic E-state index is -3.92. The number of hydrogen-bond acceptors (Lipinski definition) is 6. The summed E-state index contributed by atoms with van der Waals surface area (Å²) in [5, 5.41) is 2.90. The van der Waals surface area contributed by atoms with E-state index in [9.17, 15) is 13.2 Å². The maximum Gasteiger partial charge on any atom is 0.243 e. The van der Waals surface area contributed by atoms with Crippen LogP contribution in [0.2, 0.25) is 0 Å². The molecular weight excluding hydrogens is 524 g/mol. The van der Waals surface area contributed by atoms with Crippen molar-refractivity contribution >= 4 is 33.0 Å². The first-order valence-corrected chi connectivity index (χ1v) is 15.4. The topological polar surface area (TPSA) is 91.0 Å². The van der Waals surface area contributed by atoms with Gasteiger partial charge in [0.25, 0.3) is 0 Å². The van der Waals surface area contributed by atoms with Crippen LogP contribution in [0.4, 0.5) is 17.1 Å². The maximum atomic E-state index is 13.8. The summed E-state index contributed by atoms with van der Waals surface area (Å²) >= 11 is 0. The molecule has 0 spiro atoms. The first kappa shape index (κ1) is 29.4. The number of nitrogens with one attached hydrogen (secondary N) is 2. The molecule has 40 heavy (non-hydrogen) atoms. The molecular formula is C31H40N4O4S. The summed E-state index contributed by atoms with van der Waals surface area (Å²) in [6, 6.07) is 22.2. The normalized spacial score (nSPS) is 14.6. The number of carbonyl (C=O) groups is 1. The average Bonchev–Trinajstić information content (AvgIpc) is 2.97. The molecule has 8 nitrogen and oxygen atoms in total. The Balaban J connectivity index is 1.58. The van der Waals surface area contributed by atoms with Crippen LogP contribution in [0.1, 0.15) is 51.1 Å². The zero-order valence-corrected chi connectivity index (χ0v) is 24.4. The Morgan fingerprint density at radius 2 is 1.55 bits per heavy atom. The number of carbonyl (C=O) groups excluding carboxylic acids is 1. The van der Waals surface area contributed by atoms with Gasteiger partial charge in [-0.15, -0.1) is 0 Å². The molecule has 0 saturated carbocycles. The number of methoxy groups -OCH3 is 1. The van der Waals surface area contributed by atoms with Gasteiger partial charge in [0.1, 0.15) is 10.6 Å². The van der Waals surface area contributed by atoms with E-state index < -0.39 is 16.1 Å². The number of para-hydroxylation sites is 2. The third kappa shape index (κ3) is 7.34. The summed E-state index contributed by atoms with van der Waals surface area (Å²) in [5.74, 6) is 0.706. The van der Waals surface area contributed by atoms with Crippen molar-refractivity contribution in [2.75, 3.05) is 48.4 Å². The van der Waals surface area contributed by atoms with Gasteiger partial charge in [-0.05, 0) is 49.2 Å².